The molecular formula is C12H11F3O3. The number of hydrogen-bond donors (Lipinski definition) is 0. The zero-order chi connectivity index (χ0) is 13.4. The molecule has 1 aliphatic heterocycles. The van der Waals surface area contributed by atoms with Crippen molar-refractivity contribution in [1.82, 2.24) is 0 Å². The van der Waals surface area contributed by atoms with Gasteiger partial charge in [-0.05, 0) is 17.7 Å². The average Bonchev–Trinajstić information content (AvgIpc) is 2.27. The molecule has 3 nitrogen and oxygen atoms in total. The van der Waals surface area contributed by atoms with Crippen LogP contribution in [-0.2, 0) is 25.9 Å². The summed E-state index contributed by atoms with van der Waals surface area (Å²) < 4.78 is 46.9. The van der Waals surface area contributed by atoms with Gasteiger partial charge in [-0.2, -0.15) is 13.2 Å². The molecule has 1 aliphatic rings. The van der Waals surface area contributed by atoms with Gasteiger partial charge in [-0.15, -0.1) is 0 Å². The molecule has 0 unspecified atom stereocenters. The lowest BCUT2D eigenvalue weighted by atomic mass is 9.78. The van der Waals surface area contributed by atoms with Crippen LogP contribution in [0.4, 0.5) is 13.2 Å². The quantitative estimate of drug-likeness (QED) is 0.764. The van der Waals surface area contributed by atoms with E-state index in [2.05, 4.69) is 4.74 Å². The van der Waals surface area contributed by atoms with E-state index in [4.69, 9.17) is 4.74 Å². The van der Waals surface area contributed by atoms with Crippen LogP contribution in [-0.4, -0.2) is 26.3 Å². The molecule has 6 heteroatoms. The van der Waals surface area contributed by atoms with Crippen molar-refractivity contribution in [1.29, 1.82) is 0 Å². The predicted octanol–water partition coefficient (Wildman–Crippen LogP) is 2.15. The highest BCUT2D eigenvalue weighted by molar-refractivity contribution is 5.84. The largest absolute Gasteiger partial charge is 0.468 e. The van der Waals surface area contributed by atoms with E-state index in [9.17, 15) is 18.0 Å². The number of esters is 1. The topological polar surface area (TPSA) is 35.5 Å². The molecule has 98 valence electrons. The molecule has 0 spiro atoms. The summed E-state index contributed by atoms with van der Waals surface area (Å²) in [6, 6.07) is 4.50. The van der Waals surface area contributed by atoms with Crippen LogP contribution < -0.4 is 0 Å². The monoisotopic (exact) mass is 260 g/mol. The number of methoxy groups -OCH3 is 1. The van der Waals surface area contributed by atoms with Gasteiger partial charge in [0, 0.05) is 0 Å². The Hall–Kier alpha value is -1.56. The van der Waals surface area contributed by atoms with Gasteiger partial charge in [-0.3, -0.25) is 4.79 Å². The van der Waals surface area contributed by atoms with Crippen molar-refractivity contribution in [3.63, 3.8) is 0 Å². The van der Waals surface area contributed by atoms with E-state index in [1.807, 2.05) is 0 Å². The Balaban J connectivity index is 2.31. The second kappa shape index (κ2) is 4.28. The van der Waals surface area contributed by atoms with Crippen LogP contribution in [0, 0.1) is 0 Å². The normalized spacial score (nSPS) is 18.0. The fourth-order valence-corrected chi connectivity index (χ4v) is 1.88. The van der Waals surface area contributed by atoms with Gasteiger partial charge < -0.3 is 9.47 Å². The van der Waals surface area contributed by atoms with Crippen LogP contribution in [0.1, 0.15) is 11.1 Å². The zero-order valence-electron chi connectivity index (χ0n) is 9.58. The van der Waals surface area contributed by atoms with Gasteiger partial charge in [0.15, 0.2) is 0 Å². The number of ether oxygens (including phenoxy) is 2. The van der Waals surface area contributed by atoms with E-state index in [0.29, 0.717) is 5.56 Å². The molecule has 0 saturated carbocycles. The van der Waals surface area contributed by atoms with Crippen LogP contribution in [0.5, 0.6) is 0 Å². The van der Waals surface area contributed by atoms with Gasteiger partial charge in [-0.25, -0.2) is 0 Å². The molecule has 18 heavy (non-hydrogen) atoms. The average molecular weight is 260 g/mol. The van der Waals surface area contributed by atoms with Crippen LogP contribution >= 0.6 is 0 Å². The minimum atomic E-state index is -4.38. The van der Waals surface area contributed by atoms with Crippen molar-refractivity contribution in [3.05, 3.63) is 35.4 Å². The molecule has 0 radical (unpaired) electrons. The van der Waals surface area contributed by atoms with Crippen molar-refractivity contribution in [2.45, 2.75) is 11.6 Å². The summed E-state index contributed by atoms with van der Waals surface area (Å²) in [5.74, 6) is -0.492. The molecule has 0 atom stereocenters. The summed E-state index contributed by atoms with van der Waals surface area (Å²) in [6.45, 7) is 0.260. The number of benzene rings is 1. The van der Waals surface area contributed by atoms with Crippen LogP contribution in [0.15, 0.2) is 24.3 Å². The maximum Gasteiger partial charge on any atom is 0.416 e. The molecule has 1 fully saturated rings. The third-order valence-electron chi connectivity index (χ3n) is 3.04. The molecule has 1 aromatic carbocycles. The maximum atomic E-state index is 12.4. The maximum absolute atomic E-state index is 12.4. The summed E-state index contributed by atoms with van der Waals surface area (Å²) in [7, 11) is 1.24. The lowest BCUT2D eigenvalue weighted by Gasteiger charge is -2.38. The molecule has 1 aromatic rings. The smallest absolute Gasteiger partial charge is 0.416 e. The van der Waals surface area contributed by atoms with Crippen LogP contribution in [0.25, 0.3) is 0 Å². The summed E-state index contributed by atoms with van der Waals surface area (Å²) in [4.78, 5) is 11.7. The lowest BCUT2D eigenvalue weighted by molar-refractivity contribution is -0.166. The zero-order valence-corrected chi connectivity index (χ0v) is 9.58. The van der Waals surface area contributed by atoms with E-state index in [-0.39, 0.29) is 13.2 Å². The molecule has 1 heterocycles. The Morgan fingerprint density at radius 3 is 2.17 bits per heavy atom. The molecule has 1 saturated heterocycles. The summed E-state index contributed by atoms with van der Waals surface area (Å²) in [5.41, 5.74) is -1.22. The molecule has 0 N–H and O–H groups in total. The fourth-order valence-electron chi connectivity index (χ4n) is 1.88. The van der Waals surface area contributed by atoms with E-state index in [1.54, 1.807) is 0 Å². The second-order valence-corrected chi connectivity index (χ2v) is 4.14. The first-order valence-electron chi connectivity index (χ1n) is 5.24. The number of carbonyl (C=O) groups is 1. The number of rotatable bonds is 2. The molecular weight excluding hydrogens is 249 g/mol. The number of hydrogen-bond acceptors (Lipinski definition) is 3. The van der Waals surface area contributed by atoms with Gasteiger partial charge in [0.1, 0.15) is 5.41 Å². The van der Waals surface area contributed by atoms with Crippen LogP contribution in [0.2, 0.25) is 0 Å². The lowest BCUT2D eigenvalue weighted by Crippen LogP contribution is -2.53. The Morgan fingerprint density at radius 1 is 1.28 bits per heavy atom. The van der Waals surface area contributed by atoms with Crippen molar-refractivity contribution in [3.8, 4) is 0 Å². The first kappa shape index (κ1) is 12.9. The van der Waals surface area contributed by atoms with Crippen molar-refractivity contribution in [2.75, 3.05) is 20.3 Å². The van der Waals surface area contributed by atoms with Crippen molar-refractivity contribution < 1.29 is 27.4 Å². The van der Waals surface area contributed by atoms with Crippen molar-refractivity contribution >= 4 is 5.97 Å². The summed E-state index contributed by atoms with van der Waals surface area (Å²) in [5, 5.41) is 0. The third-order valence-corrected chi connectivity index (χ3v) is 3.04. The van der Waals surface area contributed by atoms with Gasteiger partial charge >= 0.3 is 12.1 Å². The molecule has 0 aromatic heterocycles. The Kier molecular flexibility index (Phi) is 3.06. The highest BCUT2D eigenvalue weighted by Crippen LogP contribution is 2.36. The first-order chi connectivity index (χ1) is 8.40. The van der Waals surface area contributed by atoms with Crippen LogP contribution in [0.3, 0.4) is 0 Å². The highest BCUT2D eigenvalue weighted by Gasteiger charge is 2.49. The minimum absolute atomic E-state index is 0.130. The molecule has 0 amide bonds. The summed E-state index contributed by atoms with van der Waals surface area (Å²) in [6.07, 6.45) is -4.38. The van der Waals surface area contributed by atoms with E-state index in [1.165, 1.54) is 19.2 Å². The Morgan fingerprint density at radius 2 is 1.83 bits per heavy atom. The molecule has 0 aliphatic carbocycles. The van der Waals surface area contributed by atoms with E-state index >= 15 is 0 Å². The molecule has 0 bridgehead atoms. The van der Waals surface area contributed by atoms with Gasteiger partial charge in [0.2, 0.25) is 0 Å². The first-order valence-corrected chi connectivity index (χ1v) is 5.24. The van der Waals surface area contributed by atoms with Crippen molar-refractivity contribution in [2.24, 2.45) is 0 Å². The fraction of sp³-hybridized carbons (Fsp3) is 0.417. The van der Waals surface area contributed by atoms with Gasteiger partial charge in [0.05, 0.1) is 25.9 Å². The van der Waals surface area contributed by atoms with E-state index < -0.39 is 23.1 Å². The standard InChI is InChI=1S/C12H11F3O3/c1-17-10(16)11(6-18-7-11)8-2-4-9(5-3-8)12(13,14)15/h2-5H,6-7H2,1H3. The Bertz CT molecular complexity index is 447. The second-order valence-electron chi connectivity index (χ2n) is 4.14. The number of halogens is 3. The summed E-state index contributed by atoms with van der Waals surface area (Å²) >= 11 is 0. The Labute approximate surface area is 102 Å². The number of carbonyl (C=O) groups excluding carboxylic acids is 1. The van der Waals surface area contributed by atoms with E-state index in [0.717, 1.165) is 12.1 Å². The van der Waals surface area contributed by atoms with Gasteiger partial charge in [0.25, 0.3) is 0 Å². The number of alkyl halides is 3. The predicted molar refractivity (Wildman–Crippen MR) is 56.0 cm³/mol. The molecule has 2 rings (SSSR count). The minimum Gasteiger partial charge on any atom is -0.468 e. The van der Waals surface area contributed by atoms with Gasteiger partial charge in [-0.1, -0.05) is 12.1 Å². The highest BCUT2D eigenvalue weighted by atomic mass is 19.4. The third kappa shape index (κ3) is 1.96. The SMILES string of the molecule is COC(=O)C1(c2ccc(C(F)(F)F)cc2)COC1.